The molecule has 0 fully saturated rings. The lowest BCUT2D eigenvalue weighted by Crippen LogP contribution is -2.15. The van der Waals surface area contributed by atoms with E-state index in [2.05, 4.69) is 38.2 Å². The van der Waals surface area contributed by atoms with Crippen LogP contribution in [0.15, 0.2) is 60.7 Å². The van der Waals surface area contributed by atoms with Gasteiger partial charge in [-0.2, -0.15) is 8.42 Å². The number of aromatic amines is 1. The van der Waals surface area contributed by atoms with Gasteiger partial charge in [0.2, 0.25) is 5.69 Å². The van der Waals surface area contributed by atoms with E-state index in [1.165, 1.54) is 43.0 Å². The Hall–Kier alpha value is -4.84. The lowest BCUT2D eigenvalue weighted by atomic mass is 9.95. The molecule has 2 aromatic heterocycles. The molecule has 316 valence electrons. The van der Waals surface area contributed by atoms with Gasteiger partial charge in [0.15, 0.2) is 11.5 Å². The Bertz CT molecular complexity index is 2290. The van der Waals surface area contributed by atoms with Crippen molar-refractivity contribution >= 4 is 62.8 Å². The molecule has 3 aromatic carbocycles. The standard InChI is InChI=1S/C44H55ClN6O6S2/c1-7-9-11-13-14-16-19-33(18-15-12-10-8-2)29-55-44(52)39-40(46-6)41(45)51-43(39)47-42(48-51)34-20-17-21-35(27-34)49-58(53)57-38-28-36(25-24-32(38)5)50-59(54)56-37-26-30(3)22-23-31(37)4/h17,20-28,33,49-50H,7-16,18-19,29H2,1-5H3,(H,47,48). The van der Waals surface area contributed by atoms with E-state index in [-0.39, 0.29) is 34.6 Å². The fraction of sp³-hybridized carbons (Fsp3) is 0.432. The number of nitrogens with one attached hydrogen (secondary N) is 3. The molecule has 0 amide bonds. The maximum absolute atomic E-state index is 13.7. The summed E-state index contributed by atoms with van der Waals surface area (Å²) in [5, 5.41) is 3.13. The zero-order chi connectivity index (χ0) is 42.3. The second kappa shape index (κ2) is 22.5. The average molecular weight is 864 g/mol. The number of carbonyl (C=O) groups is 1. The van der Waals surface area contributed by atoms with Gasteiger partial charge in [0, 0.05) is 11.6 Å². The van der Waals surface area contributed by atoms with Gasteiger partial charge in [0.1, 0.15) is 22.2 Å². The van der Waals surface area contributed by atoms with Crippen molar-refractivity contribution in [3.63, 3.8) is 0 Å². The number of H-pyrrole nitrogens is 1. The lowest BCUT2D eigenvalue weighted by Gasteiger charge is -2.17. The maximum atomic E-state index is 13.7. The second-order valence-electron chi connectivity index (χ2n) is 14.9. The summed E-state index contributed by atoms with van der Waals surface area (Å²) in [6, 6.07) is 17.7. The molecule has 3 atom stereocenters. The molecular weight excluding hydrogens is 808 g/mol. The van der Waals surface area contributed by atoms with Crippen molar-refractivity contribution in [3.8, 4) is 22.9 Å². The first kappa shape index (κ1) is 45.2. The summed E-state index contributed by atoms with van der Waals surface area (Å²) in [7, 11) is 0. The summed E-state index contributed by atoms with van der Waals surface area (Å²) >= 11 is 2.71. The van der Waals surface area contributed by atoms with Crippen LogP contribution in [0.5, 0.6) is 11.5 Å². The highest BCUT2D eigenvalue weighted by molar-refractivity contribution is 7.82. The van der Waals surface area contributed by atoms with Crippen molar-refractivity contribution in [3.05, 3.63) is 99.5 Å². The minimum absolute atomic E-state index is 0.0185. The number of benzene rings is 3. The minimum atomic E-state index is -2.03. The van der Waals surface area contributed by atoms with Gasteiger partial charge in [-0.3, -0.25) is 14.5 Å². The Labute approximate surface area is 358 Å². The number of unbranched alkanes of at least 4 members (excludes halogenated alkanes) is 8. The monoisotopic (exact) mass is 862 g/mol. The van der Waals surface area contributed by atoms with Gasteiger partial charge in [-0.25, -0.2) is 19.1 Å². The molecule has 0 aliphatic heterocycles. The summed E-state index contributed by atoms with van der Waals surface area (Å²) in [5.74, 6) is 0.791. The molecule has 5 aromatic rings. The largest absolute Gasteiger partial charge is 0.463 e. The Morgan fingerprint density at radius 3 is 2.08 bits per heavy atom. The quantitative estimate of drug-likeness (QED) is 0.0319. The van der Waals surface area contributed by atoms with E-state index < -0.39 is 28.5 Å². The van der Waals surface area contributed by atoms with Gasteiger partial charge in [0.25, 0.3) is 0 Å². The molecule has 0 saturated heterocycles. The SMILES string of the molecule is [C-]#[N+]c1c(C(=O)OCC(CCCCCC)CCCCCCCC)c2nc(-c3cccc(NS(=O)Oc4cc(NS(=O)Oc5cc(C)ccc5C)ccc4C)c3)[nH]n2c1Cl. The third kappa shape index (κ3) is 12.8. The fourth-order valence-corrected chi connectivity index (χ4v) is 8.38. The molecule has 0 saturated carbocycles. The molecule has 0 spiro atoms. The zero-order valence-corrected chi connectivity index (χ0v) is 36.9. The minimum Gasteiger partial charge on any atom is -0.463 e. The molecule has 0 aliphatic rings. The topological polar surface area (TPSA) is 140 Å². The normalized spacial score (nSPS) is 12.8. The van der Waals surface area contributed by atoms with E-state index in [0.29, 0.717) is 39.8 Å². The summed E-state index contributed by atoms with van der Waals surface area (Å²) in [5.41, 5.74) is 4.22. The number of nitrogens with zero attached hydrogens (tertiary/aromatic N) is 3. The molecule has 12 nitrogen and oxygen atoms in total. The highest BCUT2D eigenvalue weighted by atomic mass is 35.5. The third-order valence-corrected chi connectivity index (χ3v) is 11.9. The molecule has 2 heterocycles. The van der Waals surface area contributed by atoms with Crippen LogP contribution in [-0.4, -0.2) is 35.6 Å². The fourth-order valence-electron chi connectivity index (χ4n) is 6.71. The smallest absolute Gasteiger partial charge is 0.331 e. The molecule has 0 bridgehead atoms. The number of aromatic nitrogens is 3. The van der Waals surface area contributed by atoms with Crippen LogP contribution in [0.2, 0.25) is 5.15 Å². The van der Waals surface area contributed by atoms with Crippen LogP contribution < -0.4 is 17.8 Å². The number of hydrogen-bond donors (Lipinski definition) is 3. The van der Waals surface area contributed by atoms with E-state index in [0.717, 1.165) is 49.7 Å². The number of rotatable bonds is 24. The predicted molar refractivity (Wildman–Crippen MR) is 239 cm³/mol. The lowest BCUT2D eigenvalue weighted by molar-refractivity contribution is 0.0425. The average Bonchev–Trinajstić information content (AvgIpc) is 3.76. The zero-order valence-electron chi connectivity index (χ0n) is 34.5. The number of halogens is 1. The molecule has 0 aliphatic carbocycles. The molecule has 5 rings (SSSR count). The number of ether oxygens (including phenoxy) is 1. The number of esters is 1. The van der Waals surface area contributed by atoms with Crippen LogP contribution in [0.3, 0.4) is 0 Å². The van der Waals surface area contributed by atoms with Gasteiger partial charge in [-0.1, -0.05) is 120 Å². The first-order chi connectivity index (χ1) is 28.5. The number of anilines is 2. The van der Waals surface area contributed by atoms with Crippen molar-refractivity contribution in [2.75, 3.05) is 16.1 Å². The van der Waals surface area contributed by atoms with Crippen molar-refractivity contribution < 1.29 is 26.3 Å². The molecular formula is C44H55ClN6O6S2. The number of fused-ring (bicyclic) bond motifs is 1. The molecule has 15 heteroatoms. The molecule has 0 radical (unpaired) electrons. The molecule has 59 heavy (non-hydrogen) atoms. The van der Waals surface area contributed by atoms with E-state index in [1.807, 2.05) is 32.0 Å². The van der Waals surface area contributed by atoms with Crippen LogP contribution in [0.4, 0.5) is 17.1 Å². The Morgan fingerprint density at radius 2 is 1.42 bits per heavy atom. The van der Waals surface area contributed by atoms with Gasteiger partial charge in [-0.15, -0.1) is 0 Å². The molecule has 3 unspecified atom stereocenters. The van der Waals surface area contributed by atoms with Gasteiger partial charge < -0.3 is 13.1 Å². The molecule has 3 N–H and O–H groups in total. The van der Waals surface area contributed by atoms with Crippen LogP contribution >= 0.6 is 11.6 Å². The first-order valence-electron chi connectivity index (χ1n) is 20.4. The van der Waals surface area contributed by atoms with Crippen LogP contribution in [0, 0.1) is 33.3 Å². The number of carbonyl (C=O) groups excluding carboxylic acids is 1. The van der Waals surface area contributed by atoms with Crippen LogP contribution in [0.25, 0.3) is 21.9 Å². The van der Waals surface area contributed by atoms with Gasteiger partial charge >= 0.3 is 28.5 Å². The van der Waals surface area contributed by atoms with Gasteiger partial charge in [-0.05, 0) is 80.5 Å². The first-order valence-corrected chi connectivity index (χ1v) is 22.9. The van der Waals surface area contributed by atoms with Crippen molar-refractivity contribution in [2.24, 2.45) is 5.92 Å². The van der Waals surface area contributed by atoms with Crippen molar-refractivity contribution in [1.29, 1.82) is 0 Å². The second-order valence-corrected chi connectivity index (χ2v) is 16.9. The van der Waals surface area contributed by atoms with E-state index in [9.17, 15) is 13.2 Å². The van der Waals surface area contributed by atoms with Crippen LogP contribution in [-0.2, 0) is 27.3 Å². The number of hydrogen-bond acceptors (Lipinski definition) is 7. The highest BCUT2D eigenvalue weighted by Gasteiger charge is 2.28. The summed E-state index contributed by atoms with van der Waals surface area (Å²) in [6.07, 6.45) is 13.8. The Kier molecular flexibility index (Phi) is 17.3. The summed E-state index contributed by atoms with van der Waals surface area (Å²) in [4.78, 5) is 21.9. The predicted octanol–water partition coefficient (Wildman–Crippen LogP) is 12.1. The highest BCUT2D eigenvalue weighted by Crippen LogP contribution is 2.37. The number of aryl methyl sites for hydroxylation is 3. The maximum Gasteiger partial charge on any atom is 0.331 e. The van der Waals surface area contributed by atoms with Crippen molar-refractivity contribution in [2.45, 2.75) is 112 Å². The Balaban J connectivity index is 1.25. The summed E-state index contributed by atoms with van der Waals surface area (Å²) < 4.78 is 50.3. The Morgan fingerprint density at radius 1 is 0.831 bits per heavy atom. The van der Waals surface area contributed by atoms with Gasteiger partial charge in [0.05, 0.1) is 24.6 Å². The van der Waals surface area contributed by atoms with E-state index >= 15 is 0 Å². The van der Waals surface area contributed by atoms with Crippen molar-refractivity contribution in [1.82, 2.24) is 14.6 Å². The third-order valence-electron chi connectivity index (χ3n) is 10.1. The van der Waals surface area contributed by atoms with Crippen LogP contribution in [0.1, 0.15) is 118 Å². The van der Waals surface area contributed by atoms with E-state index in [1.54, 1.807) is 49.4 Å². The van der Waals surface area contributed by atoms with E-state index in [4.69, 9.17) is 31.3 Å². The summed E-state index contributed by atoms with van der Waals surface area (Å²) in [6.45, 7) is 18.1.